The molecule has 2 aromatic rings. The van der Waals surface area contributed by atoms with E-state index in [0.717, 1.165) is 0 Å². The Kier molecular flexibility index (Phi) is 11.4. The van der Waals surface area contributed by atoms with Gasteiger partial charge in [-0.05, 0) is 55.1 Å². The Bertz CT molecular complexity index is 1400. The molecule has 15 heteroatoms. The average molecular weight is 650 g/mol. The van der Waals surface area contributed by atoms with E-state index in [2.05, 4.69) is 35.8 Å². The summed E-state index contributed by atoms with van der Waals surface area (Å²) >= 11 is 0. The van der Waals surface area contributed by atoms with Crippen LogP contribution in [-0.4, -0.2) is 95.0 Å². The Morgan fingerprint density at radius 1 is 1.04 bits per heavy atom. The van der Waals surface area contributed by atoms with Crippen molar-refractivity contribution in [3.05, 3.63) is 41.0 Å². The van der Waals surface area contributed by atoms with Gasteiger partial charge in [0.2, 0.25) is 23.6 Å². The molecular weight excluding hydrogens is 607 g/mol. The normalized spacial score (nSPS) is 19.2. The summed E-state index contributed by atoms with van der Waals surface area (Å²) in [4.78, 5) is 56.2. The Morgan fingerprint density at radius 3 is 2.33 bits per heavy atom. The third-order valence-corrected chi connectivity index (χ3v) is 8.90. The Labute approximate surface area is 265 Å². The molecule has 1 aliphatic carbocycles. The smallest absolute Gasteiger partial charge is 0.276 e. The molecule has 1 saturated heterocycles. The van der Waals surface area contributed by atoms with Gasteiger partial charge in [-0.1, -0.05) is 32.0 Å². The van der Waals surface area contributed by atoms with E-state index in [1.165, 1.54) is 12.1 Å². The van der Waals surface area contributed by atoms with Crippen LogP contribution in [0.3, 0.4) is 0 Å². The average Bonchev–Trinajstić information content (AvgIpc) is 3.52. The maximum atomic E-state index is 15.5. The van der Waals surface area contributed by atoms with Crippen LogP contribution >= 0.6 is 0 Å². The van der Waals surface area contributed by atoms with Gasteiger partial charge in [0.05, 0.1) is 5.69 Å². The first-order valence-electron chi connectivity index (χ1n) is 15.7. The number of nitrogens with zero attached hydrogens (tertiary/aromatic N) is 4. The molecule has 0 bridgehead atoms. The molecule has 4 amide bonds. The van der Waals surface area contributed by atoms with Crippen LogP contribution in [0, 0.1) is 11.7 Å². The molecule has 2 heterocycles. The molecule has 252 valence electrons. The van der Waals surface area contributed by atoms with E-state index in [-0.39, 0.29) is 48.2 Å². The predicted octanol–water partition coefficient (Wildman–Crippen LogP) is 3.11. The van der Waals surface area contributed by atoms with Gasteiger partial charge in [0.25, 0.3) is 5.91 Å². The van der Waals surface area contributed by atoms with Gasteiger partial charge in [-0.2, -0.15) is 0 Å². The molecule has 3 N–H and O–H groups in total. The summed E-state index contributed by atoms with van der Waals surface area (Å²) in [5.74, 6) is -7.04. The standard InChI is InChI=1S/C31H42F3N7O5/c1-5-22-27(39-46-38-22)29(44)37-26(19-9-11-31(33,34)12-10-19)28(43)35-23-8-7-20(17-21(23)32)18(3)25(36-24(42)6-2)30(45)41-15-13-40(4)14-16-41/h7-8,17-19,25-26H,5-6,9-16H2,1-4H3,(H,35,43)(H,36,42)(H,37,44)/t18-,25+,26-/m0/s1. The summed E-state index contributed by atoms with van der Waals surface area (Å²) in [5, 5.41) is 15.1. The van der Waals surface area contributed by atoms with Crippen molar-refractivity contribution >= 4 is 29.3 Å². The maximum absolute atomic E-state index is 15.5. The van der Waals surface area contributed by atoms with Crippen LogP contribution in [0.4, 0.5) is 18.9 Å². The number of aromatic nitrogens is 2. The molecule has 46 heavy (non-hydrogen) atoms. The number of halogens is 3. The van der Waals surface area contributed by atoms with Crippen molar-refractivity contribution in [3.8, 4) is 0 Å². The number of hydrogen-bond donors (Lipinski definition) is 3. The second-order valence-electron chi connectivity index (χ2n) is 12.1. The monoisotopic (exact) mass is 649 g/mol. The zero-order chi connectivity index (χ0) is 33.6. The minimum atomic E-state index is -2.87. The fourth-order valence-electron chi connectivity index (χ4n) is 5.83. The van der Waals surface area contributed by atoms with Crippen LogP contribution in [-0.2, 0) is 20.8 Å². The molecule has 0 radical (unpaired) electrons. The lowest BCUT2D eigenvalue weighted by Crippen LogP contribution is -2.55. The van der Waals surface area contributed by atoms with E-state index in [1.807, 2.05) is 7.05 Å². The van der Waals surface area contributed by atoms with Gasteiger partial charge in [0, 0.05) is 51.4 Å². The number of aryl methyl sites for hydroxylation is 1. The van der Waals surface area contributed by atoms with E-state index < -0.39 is 60.3 Å². The number of nitrogens with one attached hydrogen (secondary N) is 3. The third kappa shape index (κ3) is 8.42. The fraction of sp³-hybridized carbons (Fsp3) is 0.613. The van der Waals surface area contributed by atoms with E-state index in [9.17, 15) is 28.0 Å². The molecule has 2 aliphatic rings. The van der Waals surface area contributed by atoms with Crippen LogP contribution in [0.1, 0.15) is 80.5 Å². The minimum absolute atomic E-state index is 0.0335. The van der Waals surface area contributed by atoms with Crippen molar-refractivity contribution in [1.82, 2.24) is 30.7 Å². The molecule has 4 rings (SSSR count). The van der Waals surface area contributed by atoms with Crippen molar-refractivity contribution < 1.29 is 37.0 Å². The van der Waals surface area contributed by atoms with Crippen LogP contribution in [0.5, 0.6) is 0 Å². The van der Waals surface area contributed by atoms with Gasteiger partial charge in [0.1, 0.15) is 23.6 Å². The Balaban J connectivity index is 1.52. The molecule has 1 aromatic heterocycles. The lowest BCUT2D eigenvalue weighted by molar-refractivity contribution is -0.138. The number of benzene rings is 1. The van der Waals surface area contributed by atoms with E-state index in [0.29, 0.717) is 38.2 Å². The highest BCUT2D eigenvalue weighted by atomic mass is 19.3. The molecule has 1 aliphatic heterocycles. The SMILES string of the molecule is CCC(=O)N[C@@H](C(=O)N1CCN(C)CC1)[C@@H](C)c1ccc(NC(=O)[C@@H](NC(=O)c2nonc2CC)C2CCC(F)(F)CC2)c(F)c1. The lowest BCUT2D eigenvalue weighted by atomic mass is 9.81. The largest absolute Gasteiger partial charge is 0.344 e. The van der Waals surface area contributed by atoms with Crippen LogP contribution < -0.4 is 16.0 Å². The topological polar surface area (TPSA) is 150 Å². The number of amides is 4. The number of alkyl halides is 2. The van der Waals surface area contributed by atoms with E-state index >= 15 is 4.39 Å². The van der Waals surface area contributed by atoms with Crippen molar-refractivity contribution in [2.75, 3.05) is 38.5 Å². The second-order valence-corrected chi connectivity index (χ2v) is 12.1. The van der Waals surface area contributed by atoms with Crippen LogP contribution in [0.25, 0.3) is 0 Å². The summed E-state index contributed by atoms with van der Waals surface area (Å²) < 4.78 is 48.0. The second kappa shape index (κ2) is 15.1. The van der Waals surface area contributed by atoms with Crippen molar-refractivity contribution in [3.63, 3.8) is 0 Å². The quantitative estimate of drug-likeness (QED) is 0.336. The molecule has 3 atom stereocenters. The highest BCUT2D eigenvalue weighted by Gasteiger charge is 2.41. The molecule has 2 fully saturated rings. The summed E-state index contributed by atoms with van der Waals surface area (Å²) in [6.07, 6.45) is -0.470. The number of carbonyl (C=O) groups excluding carboxylic acids is 4. The number of rotatable bonds is 11. The van der Waals surface area contributed by atoms with Gasteiger partial charge >= 0.3 is 0 Å². The maximum Gasteiger partial charge on any atom is 0.276 e. The van der Waals surface area contributed by atoms with Crippen molar-refractivity contribution in [2.24, 2.45) is 5.92 Å². The van der Waals surface area contributed by atoms with E-state index in [4.69, 9.17) is 0 Å². The molecule has 0 spiro atoms. The first kappa shape index (κ1) is 34.9. The molecular formula is C31H42F3N7O5. The Morgan fingerprint density at radius 2 is 1.72 bits per heavy atom. The van der Waals surface area contributed by atoms with E-state index in [1.54, 1.807) is 31.7 Å². The first-order valence-corrected chi connectivity index (χ1v) is 15.7. The summed E-state index contributed by atoms with van der Waals surface area (Å²) in [7, 11) is 1.96. The number of hydrogen-bond acceptors (Lipinski definition) is 8. The van der Waals surface area contributed by atoms with Gasteiger partial charge in [-0.25, -0.2) is 17.8 Å². The third-order valence-electron chi connectivity index (χ3n) is 8.90. The summed E-state index contributed by atoms with van der Waals surface area (Å²) in [5.41, 5.74) is 0.367. The van der Waals surface area contributed by atoms with Crippen LogP contribution in [0.15, 0.2) is 22.8 Å². The van der Waals surface area contributed by atoms with Crippen LogP contribution in [0.2, 0.25) is 0 Å². The van der Waals surface area contributed by atoms with Gasteiger partial charge < -0.3 is 25.8 Å². The van der Waals surface area contributed by atoms with Gasteiger partial charge in [0.15, 0.2) is 5.69 Å². The zero-order valence-electron chi connectivity index (χ0n) is 26.6. The highest BCUT2D eigenvalue weighted by molar-refractivity contribution is 6.01. The van der Waals surface area contributed by atoms with Gasteiger partial charge in [-0.15, -0.1) is 0 Å². The molecule has 1 aromatic carbocycles. The number of likely N-dealkylation sites (N-methyl/N-ethyl adjacent to an activating group) is 1. The fourth-order valence-corrected chi connectivity index (χ4v) is 5.83. The van der Waals surface area contributed by atoms with Crippen molar-refractivity contribution in [2.45, 2.75) is 83.2 Å². The minimum Gasteiger partial charge on any atom is -0.344 e. The van der Waals surface area contributed by atoms with Crippen molar-refractivity contribution in [1.29, 1.82) is 0 Å². The number of anilines is 1. The summed E-state index contributed by atoms with van der Waals surface area (Å²) in [6, 6.07) is 1.88. The van der Waals surface area contributed by atoms with Gasteiger partial charge in [-0.3, -0.25) is 19.2 Å². The highest BCUT2D eigenvalue weighted by Crippen LogP contribution is 2.38. The molecule has 0 unspecified atom stereocenters. The first-order chi connectivity index (χ1) is 21.8. The predicted molar refractivity (Wildman–Crippen MR) is 162 cm³/mol. The lowest BCUT2D eigenvalue weighted by Gasteiger charge is -2.36. The number of piperazine rings is 1. The zero-order valence-corrected chi connectivity index (χ0v) is 26.6. The summed E-state index contributed by atoms with van der Waals surface area (Å²) in [6.45, 7) is 7.52. The number of carbonyl (C=O) groups is 4. The molecule has 12 nitrogen and oxygen atoms in total. The Hall–Kier alpha value is -4.01. The molecule has 1 saturated carbocycles.